The first-order valence-corrected chi connectivity index (χ1v) is 11.1. The van der Waals surface area contributed by atoms with E-state index in [9.17, 15) is 9.59 Å². The fourth-order valence-electron chi connectivity index (χ4n) is 3.68. The molecule has 0 unspecified atom stereocenters. The number of hydrogen-bond acceptors (Lipinski definition) is 5. The maximum absolute atomic E-state index is 12.9. The molecule has 2 heterocycles. The van der Waals surface area contributed by atoms with Gasteiger partial charge in [0.15, 0.2) is 0 Å². The number of nitrogens with zero attached hydrogens (tertiary/aromatic N) is 5. The number of aromatic nitrogens is 2. The van der Waals surface area contributed by atoms with Crippen molar-refractivity contribution in [1.82, 2.24) is 19.8 Å². The molecule has 8 heteroatoms. The predicted octanol–water partition coefficient (Wildman–Crippen LogP) is 3.28. The number of carbonyl (C=O) groups excluding carboxylic acids is 2. The van der Waals surface area contributed by atoms with Crippen LogP contribution < -0.4 is 4.90 Å². The summed E-state index contributed by atoms with van der Waals surface area (Å²) in [7, 11) is 0. The highest BCUT2D eigenvalue weighted by atomic mass is 35.5. The highest BCUT2D eigenvalue weighted by Gasteiger charge is 2.24. The summed E-state index contributed by atoms with van der Waals surface area (Å²) < 4.78 is 0. The van der Waals surface area contributed by atoms with Crippen molar-refractivity contribution >= 4 is 29.1 Å². The molecule has 1 aliphatic heterocycles. The van der Waals surface area contributed by atoms with Crippen LogP contribution in [0.1, 0.15) is 36.5 Å². The Hall–Kier alpha value is -2.67. The molecule has 3 rings (SSSR count). The lowest BCUT2D eigenvalue weighted by molar-refractivity contribution is -0.131. The monoisotopic (exact) mass is 443 g/mol. The molecule has 0 radical (unpaired) electrons. The van der Waals surface area contributed by atoms with Crippen LogP contribution in [0, 0.1) is 12.8 Å². The van der Waals surface area contributed by atoms with Gasteiger partial charge in [-0.05, 0) is 25.0 Å². The molecular formula is C23H30ClN5O2. The van der Waals surface area contributed by atoms with Gasteiger partial charge in [0, 0.05) is 51.9 Å². The first-order chi connectivity index (χ1) is 14.8. The Morgan fingerprint density at radius 1 is 1.10 bits per heavy atom. The van der Waals surface area contributed by atoms with Gasteiger partial charge in [0.1, 0.15) is 5.69 Å². The van der Waals surface area contributed by atoms with Crippen molar-refractivity contribution in [2.75, 3.05) is 44.2 Å². The summed E-state index contributed by atoms with van der Waals surface area (Å²) in [6.45, 7) is 9.65. The Balaban J connectivity index is 1.55. The van der Waals surface area contributed by atoms with Gasteiger partial charge in [-0.2, -0.15) is 0 Å². The third-order valence-corrected chi connectivity index (χ3v) is 5.61. The second-order valence-corrected chi connectivity index (χ2v) is 8.66. The fourth-order valence-corrected chi connectivity index (χ4v) is 3.93. The summed E-state index contributed by atoms with van der Waals surface area (Å²) in [5.74, 6) is 0.171. The zero-order chi connectivity index (χ0) is 22.4. The number of benzene rings is 1. The molecule has 0 saturated carbocycles. The quantitative estimate of drug-likeness (QED) is 0.656. The van der Waals surface area contributed by atoms with Crippen LogP contribution in [0.3, 0.4) is 0 Å². The Labute approximate surface area is 189 Å². The first kappa shape index (κ1) is 23.0. The van der Waals surface area contributed by atoms with Crippen molar-refractivity contribution < 1.29 is 9.59 Å². The minimum absolute atomic E-state index is 0.0651. The number of rotatable bonds is 7. The van der Waals surface area contributed by atoms with E-state index in [1.165, 1.54) is 6.20 Å². The minimum Gasteiger partial charge on any atom is -0.367 e. The molecule has 0 N–H and O–H groups in total. The number of aryl methyl sites for hydroxylation is 1. The molecule has 0 atom stereocenters. The molecule has 1 fully saturated rings. The van der Waals surface area contributed by atoms with Crippen molar-refractivity contribution in [1.29, 1.82) is 0 Å². The summed E-state index contributed by atoms with van der Waals surface area (Å²) in [5, 5.41) is 0.726. The van der Waals surface area contributed by atoms with Crippen molar-refractivity contribution in [3.05, 3.63) is 53.1 Å². The maximum Gasteiger partial charge on any atom is 0.274 e. The molecule has 0 spiro atoms. The third kappa shape index (κ3) is 6.17. The molecule has 7 nitrogen and oxygen atoms in total. The molecule has 31 heavy (non-hydrogen) atoms. The smallest absolute Gasteiger partial charge is 0.274 e. The van der Waals surface area contributed by atoms with Gasteiger partial charge in [0.05, 0.1) is 22.6 Å². The van der Waals surface area contributed by atoms with E-state index in [1.54, 1.807) is 11.1 Å². The average molecular weight is 444 g/mol. The first-order valence-electron chi connectivity index (χ1n) is 10.7. The summed E-state index contributed by atoms with van der Waals surface area (Å²) >= 11 is 6.30. The van der Waals surface area contributed by atoms with Gasteiger partial charge < -0.3 is 14.7 Å². The zero-order valence-corrected chi connectivity index (χ0v) is 19.2. The zero-order valence-electron chi connectivity index (χ0n) is 18.4. The Morgan fingerprint density at radius 3 is 2.42 bits per heavy atom. The highest BCUT2D eigenvalue weighted by molar-refractivity contribution is 6.33. The van der Waals surface area contributed by atoms with E-state index < -0.39 is 0 Å². The van der Waals surface area contributed by atoms with Gasteiger partial charge in [-0.3, -0.25) is 14.6 Å². The largest absolute Gasteiger partial charge is 0.367 e. The van der Waals surface area contributed by atoms with Gasteiger partial charge >= 0.3 is 0 Å². The van der Waals surface area contributed by atoms with Crippen LogP contribution in [-0.2, 0) is 4.79 Å². The highest BCUT2D eigenvalue weighted by Crippen LogP contribution is 2.26. The lowest BCUT2D eigenvalue weighted by Gasteiger charge is -2.37. The van der Waals surface area contributed by atoms with E-state index in [4.69, 9.17) is 11.6 Å². The van der Waals surface area contributed by atoms with Gasteiger partial charge in [-0.25, -0.2) is 4.98 Å². The van der Waals surface area contributed by atoms with E-state index in [1.807, 2.05) is 36.1 Å². The minimum atomic E-state index is -0.183. The summed E-state index contributed by atoms with van der Waals surface area (Å²) in [6, 6.07) is 7.77. The number of piperazine rings is 1. The van der Waals surface area contributed by atoms with Crippen LogP contribution in [0.25, 0.3) is 0 Å². The number of halogens is 1. The van der Waals surface area contributed by atoms with Crippen molar-refractivity contribution in [2.45, 2.75) is 27.2 Å². The number of carbonyl (C=O) groups is 2. The summed E-state index contributed by atoms with van der Waals surface area (Å²) in [6.07, 6.45) is 3.38. The van der Waals surface area contributed by atoms with Gasteiger partial charge in [0.2, 0.25) is 5.91 Å². The van der Waals surface area contributed by atoms with Crippen LogP contribution >= 0.6 is 11.6 Å². The third-order valence-electron chi connectivity index (χ3n) is 5.29. The van der Waals surface area contributed by atoms with E-state index in [-0.39, 0.29) is 17.7 Å². The molecule has 2 aromatic rings. The molecule has 166 valence electrons. The molecule has 0 aliphatic carbocycles. The maximum atomic E-state index is 12.9. The fraction of sp³-hybridized carbons (Fsp3) is 0.478. The number of para-hydroxylation sites is 1. The number of anilines is 1. The summed E-state index contributed by atoms with van der Waals surface area (Å²) in [4.78, 5) is 39.9. The second-order valence-electron chi connectivity index (χ2n) is 8.26. The molecule has 1 aromatic heterocycles. The van der Waals surface area contributed by atoms with E-state index >= 15 is 0 Å². The Morgan fingerprint density at radius 2 is 1.81 bits per heavy atom. The summed E-state index contributed by atoms with van der Waals surface area (Å²) in [5.41, 5.74) is 2.08. The average Bonchev–Trinajstić information content (AvgIpc) is 2.76. The van der Waals surface area contributed by atoms with Gasteiger partial charge in [0.25, 0.3) is 5.91 Å². The number of amides is 2. The SMILES string of the molecule is Cc1cnc(C(=O)N(CCC(=O)N2CCN(c3ccccc3Cl)CC2)CC(C)C)cn1. The normalized spacial score (nSPS) is 14.1. The van der Waals surface area contributed by atoms with Crippen LogP contribution in [-0.4, -0.2) is 70.9 Å². The van der Waals surface area contributed by atoms with E-state index in [0.29, 0.717) is 38.3 Å². The molecule has 0 bridgehead atoms. The lowest BCUT2D eigenvalue weighted by atomic mass is 10.2. The Kier molecular flexibility index (Phi) is 7.85. The van der Waals surface area contributed by atoms with E-state index in [0.717, 1.165) is 29.5 Å². The van der Waals surface area contributed by atoms with Crippen molar-refractivity contribution in [3.63, 3.8) is 0 Å². The molecule has 1 saturated heterocycles. The topological polar surface area (TPSA) is 69.6 Å². The van der Waals surface area contributed by atoms with Crippen LogP contribution in [0.15, 0.2) is 36.7 Å². The molecular weight excluding hydrogens is 414 g/mol. The van der Waals surface area contributed by atoms with Gasteiger partial charge in [-0.1, -0.05) is 37.6 Å². The van der Waals surface area contributed by atoms with Crippen LogP contribution in [0.2, 0.25) is 5.02 Å². The van der Waals surface area contributed by atoms with E-state index in [2.05, 4.69) is 28.7 Å². The standard InChI is InChI=1S/C23H30ClN5O2/c1-17(2)16-29(23(31)20-15-25-18(3)14-26-20)9-8-22(30)28-12-10-27(11-13-28)21-7-5-4-6-19(21)24/h4-7,14-15,17H,8-13,16H2,1-3H3. The predicted molar refractivity (Wildman–Crippen MR) is 122 cm³/mol. The molecule has 1 aromatic carbocycles. The van der Waals surface area contributed by atoms with Crippen LogP contribution in [0.5, 0.6) is 0 Å². The number of hydrogen-bond donors (Lipinski definition) is 0. The van der Waals surface area contributed by atoms with Crippen molar-refractivity contribution in [2.24, 2.45) is 5.92 Å². The lowest BCUT2D eigenvalue weighted by Crippen LogP contribution is -2.49. The Bertz CT molecular complexity index is 895. The second kappa shape index (κ2) is 10.6. The van der Waals surface area contributed by atoms with Gasteiger partial charge in [-0.15, -0.1) is 0 Å². The molecule has 1 aliphatic rings. The van der Waals surface area contributed by atoms with Crippen LogP contribution in [0.4, 0.5) is 5.69 Å². The molecule has 2 amide bonds. The van der Waals surface area contributed by atoms with Crippen molar-refractivity contribution in [3.8, 4) is 0 Å².